The van der Waals surface area contributed by atoms with Crippen LogP contribution in [-0.4, -0.2) is 83.7 Å². The number of amides is 1. The molecule has 7 N–H and O–H groups in total. The number of nitrogens with zero attached hydrogens (tertiary/aromatic N) is 3. The molecule has 220 valence electrons. The summed E-state index contributed by atoms with van der Waals surface area (Å²) in [6.45, 7) is 0.136. The number of carboxylic acid groups (broad SMARTS) is 3. The first-order chi connectivity index (χ1) is 19.1. The number of carbonyl (C=O) groups is 4. The van der Waals surface area contributed by atoms with Crippen LogP contribution in [0.5, 0.6) is 0 Å². The van der Waals surface area contributed by atoms with E-state index in [-0.39, 0.29) is 37.0 Å². The van der Waals surface area contributed by atoms with Gasteiger partial charge in [0, 0.05) is 24.9 Å². The van der Waals surface area contributed by atoms with Gasteiger partial charge in [-0.1, -0.05) is 11.6 Å². The topological polar surface area (TPSA) is 216 Å². The van der Waals surface area contributed by atoms with Crippen molar-refractivity contribution in [2.45, 2.75) is 57.4 Å². The van der Waals surface area contributed by atoms with Gasteiger partial charge < -0.3 is 26.0 Å². The highest BCUT2D eigenvalue weighted by Crippen LogP contribution is 2.10. The summed E-state index contributed by atoms with van der Waals surface area (Å²) in [7, 11) is 0. The van der Waals surface area contributed by atoms with Crippen molar-refractivity contribution in [1.82, 2.24) is 31.1 Å². The number of nitrogens with one attached hydrogen (secondary N) is 3. The normalized spacial score (nSPS) is 10.9. The Balaban J connectivity index is 0.000000486. The van der Waals surface area contributed by atoms with Gasteiger partial charge in [0.1, 0.15) is 6.04 Å². The molecule has 1 heterocycles. The predicted octanol–water partition coefficient (Wildman–Crippen LogP) is 1.70. The number of carbonyl (C=O) groups excluding carboxylic acids is 1. The zero-order valence-electron chi connectivity index (χ0n) is 21.6. The monoisotopic (exact) mass is 584 g/mol. The molecule has 14 nitrogen and oxygen atoms in total. The van der Waals surface area contributed by atoms with Gasteiger partial charge in [-0.2, -0.15) is 0 Å². The zero-order chi connectivity index (χ0) is 29.9. The van der Waals surface area contributed by atoms with Crippen LogP contribution in [0.15, 0.2) is 30.5 Å². The number of thiocarbonyl (C=S) groups is 1. The zero-order valence-corrected chi connectivity index (χ0v) is 22.4. The number of unbranched alkanes of at least 4 members (excludes halogenated alkanes) is 2. The van der Waals surface area contributed by atoms with Crippen LogP contribution in [0.3, 0.4) is 0 Å². The summed E-state index contributed by atoms with van der Waals surface area (Å²) >= 11 is 4.45. The van der Waals surface area contributed by atoms with E-state index in [2.05, 4.69) is 33.2 Å². The molecule has 0 spiro atoms. The standard InChI is InChI=1S/C18H23FN4O3.C6H10N2O5S/c19-11-4-5-15-13-23(22-21-15)16-9-7-14(8-10-16)18(26)20-12-3-1-2-6-17(24)25;9-4(10)2-1-3(5(11)12)7-6(14)8-13/h7-10,13H,1-6,11-12H2,(H,20,26)(H,24,25);3,13H,1-2H2,(H,9,10)(H,11,12)(H2,7,8,14). The molecule has 0 bridgehead atoms. The van der Waals surface area contributed by atoms with E-state index in [4.69, 9.17) is 20.5 Å². The molecule has 1 amide bonds. The minimum atomic E-state index is -1.23. The smallest absolute Gasteiger partial charge is 0.326 e. The number of benzene rings is 1. The van der Waals surface area contributed by atoms with Crippen LogP contribution in [0.25, 0.3) is 5.69 Å². The van der Waals surface area contributed by atoms with E-state index in [1.165, 1.54) is 0 Å². The van der Waals surface area contributed by atoms with Crippen molar-refractivity contribution in [3.63, 3.8) is 0 Å². The number of hydrogen-bond donors (Lipinski definition) is 7. The molecule has 0 saturated carbocycles. The molecule has 1 atom stereocenters. The lowest BCUT2D eigenvalue weighted by Crippen LogP contribution is -2.45. The first-order valence-corrected chi connectivity index (χ1v) is 12.7. The minimum absolute atomic E-state index is 0.119. The predicted molar refractivity (Wildman–Crippen MR) is 143 cm³/mol. The Labute approximate surface area is 234 Å². The average molecular weight is 585 g/mol. The highest BCUT2D eigenvalue weighted by Gasteiger charge is 2.19. The van der Waals surface area contributed by atoms with Gasteiger partial charge in [-0.25, -0.2) is 15.0 Å². The van der Waals surface area contributed by atoms with Crippen LogP contribution in [0, 0.1) is 0 Å². The second-order valence-electron chi connectivity index (χ2n) is 8.36. The highest BCUT2D eigenvalue weighted by atomic mass is 32.1. The van der Waals surface area contributed by atoms with Crippen molar-refractivity contribution >= 4 is 41.1 Å². The molecule has 1 aromatic heterocycles. The first kappa shape index (κ1) is 33.8. The van der Waals surface area contributed by atoms with Gasteiger partial charge in [0.25, 0.3) is 5.91 Å². The highest BCUT2D eigenvalue weighted by molar-refractivity contribution is 7.80. The molecule has 40 heavy (non-hydrogen) atoms. The largest absolute Gasteiger partial charge is 0.481 e. The fraction of sp³-hybridized carbons (Fsp3) is 0.458. The molecule has 0 aliphatic heterocycles. The minimum Gasteiger partial charge on any atom is -0.481 e. The van der Waals surface area contributed by atoms with Crippen LogP contribution in [0.4, 0.5) is 4.39 Å². The number of hydroxylamine groups is 1. The summed E-state index contributed by atoms with van der Waals surface area (Å²) in [6, 6.07) is 5.83. The Morgan fingerprint density at radius 2 is 1.65 bits per heavy atom. The summed E-state index contributed by atoms with van der Waals surface area (Å²) in [6.07, 6.45) is 4.60. The molecule has 2 aromatic rings. The van der Waals surface area contributed by atoms with Gasteiger partial charge in [0.05, 0.1) is 24.3 Å². The number of aliphatic carboxylic acids is 3. The van der Waals surface area contributed by atoms with Crippen molar-refractivity contribution < 1.29 is 44.1 Å². The molecule has 0 aliphatic rings. The quantitative estimate of drug-likeness (QED) is 0.0850. The first-order valence-electron chi connectivity index (χ1n) is 12.3. The Morgan fingerprint density at radius 3 is 2.23 bits per heavy atom. The number of rotatable bonds is 16. The third kappa shape index (κ3) is 14.1. The number of halogens is 1. The number of hydrogen-bond acceptors (Lipinski definition) is 8. The van der Waals surface area contributed by atoms with Gasteiger partial charge >= 0.3 is 17.9 Å². The van der Waals surface area contributed by atoms with E-state index in [0.29, 0.717) is 31.4 Å². The number of aromatic nitrogens is 3. The van der Waals surface area contributed by atoms with Gasteiger partial charge in [0.15, 0.2) is 5.11 Å². The van der Waals surface area contributed by atoms with Crippen LogP contribution in [0.2, 0.25) is 0 Å². The van der Waals surface area contributed by atoms with Gasteiger partial charge in [-0.15, -0.1) is 5.10 Å². The van der Waals surface area contributed by atoms with Crippen molar-refractivity contribution in [3.8, 4) is 5.69 Å². The Kier molecular flexibility index (Phi) is 16.1. The lowest BCUT2D eigenvalue weighted by molar-refractivity contribution is -0.140. The Bertz CT molecular complexity index is 1120. The second-order valence-corrected chi connectivity index (χ2v) is 8.77. The van der Waals surface area contributed by atoms with Crippen molar-refractivity contribution in [2.24, 2.45) is 0 Å². The van der Waals surface area contributed by atoms with Gasteiger partial charge in [-0.3, -0.25) is 24.0 Å². The molecule has 1 unspecified atom stereocenters. The molecule has 0 aliphatic carbocycles. The summed E-state index contributed by atoms with van der Waals surface area (Å²) in [5.74, 6) is -3.29. The lowest BCUT2D eigenvalue weighted by atomic mass is 10.1. The lowest BCUT2D eigenvalue weighted by Gasteiger charge is -2.13. The summed E-state index contributed by atoms with van der Waals surface area (Å²) in [5, 5.41) is 46.5. The van der Waals surface area contributed by atoms with Crippen LogP contribution in [0.1, 0.15) is 61.0 Å². The molecular weight excluding hydrogens is 551 g/mol. The number of aryl methyl sites for hydroxylation is 1. The molecule has 0 saturated heterocycles. The Hall–Kier alpha value is -4.18. The number of alkyl halides is 1. The van der Waals surface area contributed by atoms with E-state index in [1.54, 1.807) is 40.6 Å². The van der Waals surface area contributed by atoms with Crippen molar-refractivity contribution in [2.75, 3.05) is 13.2 Å². The van der Waals surface area contributed by atoms with E-state index >= 15 is 0 Å². The van der Waals surface area contributed by atoms with Crippen LogP contribution >= 0.6 is 12.2 Å². The fourth-order valence-corrected chi connectivity index (χ4v) is 3.29. The van der Waals surface area contributed by atoms with Gasteiger partial charge in [-0.05, 0) is 68.6 Å². The third-order valence-corrected chi connectivity index (χ3v) is 5.42. The second kappa shape index (κ2) is 19.0. The summed E-state index contributed by atoms with van der Waals surface area (Å²) in [4.78, 5) is 43.2. The summed E-state index contributed by atoms with van der Waals surface area (Å²) in [5.41, 5.74) is 3.59. The Morgan fingerprint density at radius 1 is 0.975 bits per heavy atom. The number of carboxylic acids is 3. The van der Waals surface area contributed by atoms with Crippen LogP contribution < -0.4 is 16.1 Å². The SMILES string of the molecule is O=C(O)CCC(NC(=S)NO)C(=O)O.O=C(O)CCCCCNC(=O)c1ccc(-n2cc(CCCF)nn2)cc1. The summed E-state index contributed by atoms with van der Waals surface area (Å²) < 4.78 is 13.8. The maximum atomic E-state index is 12.2. The van der Waals surface area contributed by atoms with E-state index in [0.717, 1.165) is 24.2 Å². The molecule has 1 aromatic carbocycles. The molecule has 2 rings (SSSR count). The van der Waals surface area contributed by atoms with Crippen LogP contribution in [-0.2, 0) is 20.8 Å². The molecular formula is C24H33FN6O8S. The average Bonchev–Trinajstić information content (AvgIpc) is 3.40. The van der Waals surface area contributed by atoms with Gasteiger partial charge in [0.2, 0.25) is 0 Å². The van der Waals surface area contributed by atoms with Crippen molar-refractivity contribution in [3.05, 3.63) is 41.7 Å². The maximum absolute atomic E-state index is 12.2. The fourth-order valence-electron chi connectivity index (χ4n) is 3.15. The van der Waals surface area contributed by atoms with E-state index in [9.17, 15) is 23.6 Å². The van der Waals surface area contributed by atoms with E-state index < -0.39 is 23.9 Å². The third-order valence-electron chi connectivity index (χ3n) is 5.21. The molecule has 0 fully saturated rings. The maximum Gasteiger partial charge on any atom is 0.326 e. The van der Waals surface area contributed by atoms with E-state index in [1.807, 2.05) is 0 Å². The molecule has 0 radical (unpaired) electrons. The van der Waals surface area contributed by atoms with Crippen molar-refractivity contribution in [1.29, 1.82) is 0 Å². The molecule has 16 heteroatoms.